The van der Waals surface area contributed by atoms with Crippen molar-refractivity contribution in [3.8, 4) is 0 Å². The Bertz CT molecular complexity index is 149. The average molecular weight is 176 g/mol. The Balaban J connectivity index is 2.27. The lowest BCUT2D eigenvalue weighted by Crippen LogP contribution is -2.54. The molecule has 0 atom stereocenters. The smallest absolute Gasteiger partial charge is 0.0613 e. The second-order valence-corrected chi connectivity index (χ2v) is 3.70. The second-order valence-electron chi connectivity index (χ2n) is 3.16. The molecule has 0 radical (unpaired) electrons. The highest BCUT2D eigenvalue weighted by Gasteiger charge is 2.35. The number of nitrogens with one attached hydrogen (secondary N) is 1. The molecule has 0 unspecified atom stereocenters. The summed E-state index contributed by atoms with van der Waals surface area (Å²) in [6.07, 6.45) is 3.30. The van der Waals surface area contributed by atoms with E-state index in [0.717, 1.165) is 12.8 Å². The molecule has 64 valence electrons. The lowest BCUT2D eigenvalue weighted by Gasteiger charge is -2.41. The van der Waals surface area contributed by atoms with Gasteiger partial charge in [0.2, 0.25) is 0 Å². The van der Waals surface area contributed by atoms with Crippen molar-refractivity contribution in [2.45, 2.75) is 24.8 Å². The van der Waals surface area contributed by atoms with Crippen LogP contribution >= 0.6 is 11.6 Å². The fraction of sp³-hybridized carbons (Fsp3) is 0.750. The molecule has 1 fully saturated rings. The maximum Gasteiger partial charge on any atom is 0.0613 e. The van der Waals surface area contributed by atoms with E-state index in [1.165, 1.54) is 6.42 Å². The van der Waals surface area contributed by atoms with Crippen molar-refractivity contribution in [3.05, 3.63) is 11.6 Å². The van der Waals surface area contributed by atoms with E-state index in [2.05, 4.69) is 11.9 Å². The molecule has 1 saturated carbocycles. The van der Waals surface area contributed by atoms with E-state index in [0.29, 0.717) is 11.6 Å². The first kappa shape index (κ1) is 9.04. The molecule has 0 aliphatic heterocycles. The van der Waals surface area contributed by atoms with Gasteiger partial charge in [-0.25, -0.2) is 0 Å². The van der Waals surface area contributed by atoms with Crippen LogP contribution in [0.4, 0.5) is 0 Å². The molecule has 2 nitrogen and oxygen atoms in total. The summed E-state index contributed by atoms with van der Waals surface area (Å²) >= 11 is 5.58. The third-order valence-corrected chi connectivity index (χ3v) is 2.40. The second kappa shape index (κ2) is 3.57. The highest BCUT2D eigenvalue weighted by Crippen LogP contribution is 2.31. The van der Waals surface area contributed by atoms with Gasteiger partial charge < -0.3 is 10.4 Å². The predicted octanol–water partition coefficient (Wildman–Crippen LogP) is 1.24. The molecule has 0 aromatic heterocycles. The van der Waals surface area contributed by atoms with E-state index in [1.54, 1.807) is 0 Å². The molecule has 0 saturated heterocycles. The van der Waals surface area contributed by atoms with E-state index in [9.17, 15) is 0 Å². The number of rotatable bonds is 4. The van der Waals surface area contributed by atoms with Crippen LogP contribution in [-0.2, 0) is 0 Å². The van der Waals surface area contributed by atoms with Crippen LogP contribution in [0.15, 0.2) is 11.6 Å². The highest BCUT2D eigenvalue weighted by atomic mass is 35.5. The van der Waals surface area contributed by atoms with Crippen molar-refractivity contribution < 1.29 is 5.11 Å². The van der Waals surface area contributed by atoms with Crippen LogP contribution in [0.1, 0.15) is 19.3 Å². The van der Waals surface area contributed by atoms with Crippen LogP contribution in [0.2, 0.25) is 0 Å². The molecule has 1 aliphatic rings. The molecule has 11 heavy (non-hydrogen) atoms. The monoisotopic (exact) mass is 175 g/mol. The van der Waals surface area contributed by atoms with E-state index in [-0.39, 0.29) is 12.1 Å². The van der Waals surface area contributed by atoms with Gasteiger partial charge in [0.15, 0.2) is 0 Å². The summed E-state index contributed by atoms with van der Waals surface area (Å²) in [4.78, 5) is 0. The van der Waals surface area contributed by atoms with E-state index in [1.807, 2.05) is 0 Å². The molecule has 0 heterocycles. The average Bonchev–Trinajstić information content (AvgIpc) is 1.86. The maximum atomic E-state index is 9.01. The summed E-state index contributed by atoms with van der Waals surface area (Å²) in [7, 11) is 0. The maximum absolute atomic E-state index is 9.01. The number of hydrogen-bond donors (Lipinski definition) is 2. The molecule has 0 bridgehead atoms. The van der Waals surface area contributed by atoms with Gasteiger partial charge in [-0.05, 0) is 19.3 Å². The fourth-order valence-corrected chi connectivity index (χ4v) is 1.34. The third-order valence-electron chi connectivity index (χ3n) is 2.27. The van der Waals surface area contributed by atoms with Crippen molar-refractivity contribution in [1.82, 2.24) is 5.32 Å². The number of aliphatic hydroxyl groups excluding tert-OH is 1. The lowest BCUT2D eigenvalue weighted by atomic mass is 9.77. The molecule has 2 N–H and O–H groups in total. The van der Waals surface area contributed by atoms with E-state index < -0.39 is 0 Å². The van der Waals surface area contributed by atoms with Gasteiger partial charge in [0.25, 0.3) is 0 Å². The third kappa shape index (κ3) is 2.19. The van der Waals surface area contributed by atoms with Gasteiger partial charge in [0.05, 0.1) is 6.61 Å². The Morgan fingerprint density at radius 3 is 2.55 bits per heavy atom. The summed E-state index contributed by atoms with van der Waals surface area (Å²) < 4.78 is 0. The Kier molecular flexibility index (Phi) is 2.93. The molecular weight excluding hydrogens is 162 g/mol. The fourth-order valence-electron chi connectivity index (χ4n) is 1.28. The van der Waals surface area contributed by atoms with Gasteiger partial charge >= 0.3 is 0 Å². The topological polar surface area (TPSA) is 32.3 Å². The first-order chi connectivity index (χ1) is 5.18. The summed E-state index contributed by atoms with van der Waals surface area (Å²) in [6.45, 7) is 4.38. The lowest BCUT2D eigenvalue weighted by molar-refractivity contribution is 0.0923. The minimum Gasteiger partial charge on any atom is -0.394 e. The van der Waals surface area contributed by atoms with Crippen molar-refractivity contribution >= 4 is 11.6 Å². The summed E-state index contributed by atoms with van der Waals surface area (Å²) in [6, 6.07) is 0. The zero-order chi connectivity index (χ0) is 8.32. The molecule has 0 amide bonds. The van der Waals surface area contributed by atoms with Gasteiger partial charge in [-0.2, -0.15) is 0 Å². The SMILES string of the molecule is C=C(Cl)CNC1(CO)CCC1. The van der Waals surface area contributed by atoms with Crippen LogP contribution < -0.4 is 5.32 Å². The normalized spacial score (nSPS) is 20.9. The Labute approximate surface area is 72.2 Å². The van der Waals surface area contributed by atoms with Crippen molar-refractivity contribution in [3.63, 3.8) is 0 Å². The standard InChI is InChI=1S/C8H14ClNO/c1-7(9)5-10-8(6-11)3-2-4-8/h10-11H,1-6H2. The first-order valence-electron chi connectivity index (χ1n) is 3.88. The van der Waals surface area contributed by atoms with Crippen LogP contribution in [0, 0.1) is 0 Å². The highest BCUT2D eigenvalue weighted by molar-refractivity contribution is 6.29. The number of aliphatic hydroxyl groups is 1. The largest absolute Gasteiger partial charge is 0.394 e. The van der Waals surface area contributed by atoms with Crippen LogP contribution in [0.5, 0.6) is 0 Å². The quantitative estimate of drug-likeness (QED) is 0.674. The van der Waals surface area contributed by atoms with Gasteiger partial charge in [-0.3, -0.25) is 0 Å². The van der Waals surface area contributed by atoms with Crippen molar-refractivity contribution in [2.75, 3.05) is 13.2 Å². The molecule has 1 rings (SSSR count). The van der Waals surface area contributed by atoms with Crippen LogP contribution in [0.3, 0.4) is 0 Å². The molecular formula is C8H14ClNO. The summed E-state index contributed by atoms with van der Waals surface area (Å²) in [5.41, 5.74) is -0.0438. The Hall–Kier alpha value is -0.0500. The summed E-state index contributed by atoms with van der Waals surface area (Å²) in [5, 5.41) is 12.8. The molecule has 0 aromatic rings. The molecule has 0 spiro atoms. The first-order valence-corrected chi connectivity index (χ1v) is 4.25. The van der Waals surface area contributed by atoms with E-state index >= 15 is 0 Å². The number of halogens is 1. The van der Waals surface area contributed by atoms with Crippen LogP contribution in [0.25, 0.3) is 0 Å². The molecule has 0 aromatic carbocycles. The van der Waals surface area contributed by atoms with Gasteiger partial charge in [0, 0.05) is 17.1 Å². The molecule has 1 aliphatic carbocycles. The zero-order valence-electron chi connectivity index (χ0n) is 6.57. The Morgan fingerprint density at radius 2 is 2.27 bits per heavy atom. The minimum atomic E-state index is -0.0438. The molecule has 3 heteroatoms. The van der Waals surface area contributed by atoms with Crippen molar-refractivity contribution in [2.24, 2.45) is 0 Å². The van der Waals surface area contributed by atoms with E-state index in [4.69, 9.17) is 16.7 Å². The van der Waals surface area contributed by atoms with Gasteiger partial charge in [-0.15, -0.1) is 0 Å². The van der Waals surface area contributed by atoms with Gasteiger partial charge in [-0.1, -0.05) is 18.2 Å². The van der Waals surface area contributed by atoms with Crippen molar-refractivity contribution in [1.29, 1.82) is 0 Å². The Morgan fingerprint density at radius 1 is 1.64 bits per heavy atom. The van der Waals surface area contributed by atoms with Crippen LogP contribution in [-0.4, -0.2) is 23.8 Å². The number of hydrogen-bond acceptors (Lipinski definition) is 2. The minimum absolute atomic E-state index is 0.0438. The van der Waals surface area contributed by atoms with Gasteiger partial charge in [0.1, 0.15) is 0 Å². The summed E-state index contributed by atoms with van der Waals surface area (Å²) in [5.74, 6) is 0. The zero-order valence-corrected chi connectivity index (χ0v) is 7.32. The predicted molar refractivity (Wildman–Crippen MR) is 46.7 cm³/mol.